The lowest BCUT2D eigenvalue weighted by molar-refractivity contribution is -0.572. The van der Waals surface area contributed by atoms with Gasteiger partial charge in [0, 0.05) is 31.7 Å². The number of nitrogens with two attached hydrogens (primary N) is 1. The largest absolute Gasteiger partial charge is 0.327 e. The normalized spacial score (nSPS) is 22.3. The molecule has 35 heavy (non-hydrogen) atoms. The van der Waals surface area contributed by atoms with Crippen LogP contribution >= 0.6 is 11.3 Å². The van der Waals surface area contributed by atoms with Crippen LogP contribution in [0.5, 0.6) is 0 Å². The number of likely N-dealkylation sites (N-methyl/N-ethyl adjacent to an activating group) is 1. The number of pyridine rings is 1. The van der Waals surface area contributed by atoms with Gasteiger partial charge >= 0.3 is 11.8 Å². The number of hydrogen-bond acceptors (Lipinski definition) is 7. The van der Waals surface area contributed by atoms with Gasteiger partial charge in [0.15, 0.2) is 5.69 Å². The molecule has 2 aromatic heterocycles. The highest BCUT2D eigenvalue weighted by atomic mass is 32.1. The number of rotatable bonds is 3. The highest BCUT2D eigenvalue weighted by Gasteiger charge is 2.35. The van der Waals surface area contributed by atoms with Crippen LogP contribution in [-0.4, -0.2) is 64.5 Å². The van der Waals surface area contributed by atoms with Crippen LogP contribution in [0.4, 0.5) is 11.4 Å². The number of nitrogens with one attached hydrogen (secondary N) is 1. The molecule has 1 aromatic carbocycles. The molecule has 0 radical (unpaired) electrons. The van der Waals surface area contributed by atoms with Gasteiger partial charge in [-0.15, -0.1) is 11.3 Å². The number of thiazole rings is 1. The van der Waals surface area contributed by atoms with E-state index in [-0.39, 0.29) is 6.04 Å². The van der Waals surface area contributed by atoms with Gasteiger partial charge in [0.05, 0.1) is 39.2 Å². The Bertz CT molecular complexity index is 1350. The van der Waals surface area contributed by atoms with Crippen LogP contribution in [0, 0.1) is 5.92 Å². The van der Waals surface area contributed by atoms with Crippen LogP contribution in [0.25, 0.3) is 10.2 Å². The van der Waals surface area contributed by atoms with Crippen molar-refractivity contribution in [2.45, 2.75) is 31.7 Å². The third-order valence-electron chi connectivity index (χ3n) is 7.18. The fraction of sp³-hybridized carbons (Fsp3) is 0.400. The Balaban J connectivity index is 1.24. The lowest BCUT2D eigenvalue weighted by Crippen LogP contribution is -2.69. The summed E-state index contributed by atoms with van der Waals surface area (Å²) in [5.74, 6) is -0.326. The number of fused-ring (bicyclic) bond motifs is 2. The second-order valence-electron chi connectivity index (χ2n) is 9.90. The van der Waals surface area contributed by atoms with E-state index in [1.807, 2.05) is 0 Å². The van der Waals surface area contributed by atoms with Crippen LogP contribution in [0.1, 0.15) is 47.9 Å². The first-order chi connectivity index (χ1) is 17.0. The third-order valence-corrected chi connectivity index (χ3v) is 8.38. The monoisotopic (exact) mass is 490 g/mol. The summed E-state index contributed by atoms with van der Waals surface area (Å²) in [5.41, 5.74) is 5.78. The van der Waals surface area contributed by atoms with Crippen molar-refractivity contribution >= 4 is 51.0 Å². The summed E-state index contributed by atoms with van der Waals surface area (Å²) in [6, 6.07) is 6.17. The smallest absolute Gasteiger partial charge is 0.314 e. The van der Waals surface area contributed by atoms with Gasteiger partial charge in [-0.2, -0.15) is 5.43 Å². The molecular weight excluding hydrogens is 462 g/mol. The van der Waals surface area contributed by atoms with Crippen molar-refractivity contribution in [1.82, 2.24) is 19.8 Å². The molecule has 9 nitrogen and oxygen atoms in total. The SMILES string of the molecule is C[C@H]1CC[C@H](c2ccc3sc(C4CN(C)C4)nc3c2)N(C(=O)C(=O)Nc2cncc3c2[NH2+]N=C3)C1. The van der Waals surface area contributed by atoms with Gasteiger partial charge in [0.2, 0.25) is 0 Å². The van der Waals surface area contributed by atoms with Crippen molar-refractivity contribution in [1.29, 1.82) is 0 Å². The topological polar surface area (TPSA) is 107 Å². The first-order valence-corrected chi connectivity index (χ1v) is 12.8. The number of piperidine rings is 1. The minimum atomic E-state index is -0.647. The summed E-state index contributed by atoms with van der Waals surface area (Å²) < 4.78 is 1.17. The maximum atomic E-state index is 13.4. The third kappa shape index (κ3) is 4.11. The number of likely N-dealkylation sites (tertiary alicyclic amines) is 2. The molecule has 10 heteroatoms. The first kappa shape index (κ1) is 22.3. The van der Waals surface area contributed by atoms with E-state index in [1.54, 1.807) is 40.3 Å². The fourth-order valence-electron chi connectivity index (χ4n) is 5.25. The quantitative estimate of drug-likeness (QED) is 0.432. The number of carbonyl (C=O) groups is 2. The zero-order valence-corrected chi connectivity index (χ0v) is 20.6. The maximum Gasteiger partial charge on any atom is 0.314 e. The Morgan fingerprint density at radius 2 is 2.03 bits per heavy atom. The Labute approximate surface area is 207 Å². The molecule has 2 atom stereocenters. The van der Waals surface area contributed by atoms with Crippen molar-refractivity contribution in [3.63, 3.8) is 0 Å². The van der Waals surface area contributed by atoms with E-state index in [4.69, 9.17) is 4.98 Å². The molecule has 3 aliphatic rings. The number of aromatic nitrogens is 2. The summed E-state index contributed by atoms with van der Waals surface area (Å²) in [4.78, 5) is 39.6. The van der Waals surface area contributed by atoms with Gasteiger partial charge in [-0.25, -0.2) is 4.98 Å². The molecule has 5 heterocycles. The zero-order chi connectivity index (χ0) is 24.1. The van der Waals surface area contributed by atoms with Gasteiger partial charge in [0.1, 0.15) is 5.69 Å². The molecule has 2 saturated heterocycles. The molecule has 180 valence electrons. The standard InChI is InChI=1S/C25H27N7O2S/c1-14-3-5-20(15-4-6-21-18(7-15)29-24(35-21)17-12-31(2)13-17)32(11-14)25(34)23(33)28-19-10-26-8-16-9-27-30-22(16)19/h4,6-10,14,17,20H,3,5,11-13H2,1-2H3,(H,27,30)(H,28,33)/p+1/t14-,20+/m0/s1. The maximum absolute atomic E-state index is 13.4. The fourth-order valence-corrected chi connectivity index (χ4v) is 6.28. The second-order valence-corrected chi connectivity index (χ2v) is 11.0. The lowest BCUT2D eigenvalue weighted by Gasteiger charge is -2.38. The van der Waals surface area contributed by atoms with Crippen LogP contribution in [-0.2, 0) is 9.59 Å². The van der Waals surface area contributed by atoms with E-state index in [0.29, 0.717) is 24.1 Å². The van der Waals surface area contributed by atoms with Crippen molar-refractivity contribution in [3.05, 3.63) is 46.7 Å². The predicted molar refractivity (Wildman–Crippen MR) is 135 cm³/mol. The molecule has 6 rings (SSSR count). The molecule has 0 bridgehead atoms. The van der Waals surface area contributed by atoms with Crippen LogP contribution in [0.15, 0.2) is 35.7 Å². The number of amides is 2. The molecular formula is C25H28N7O2S+. The number of quaternary nitrogens is 1. The minimum Gasteiger partial charge on any atom is -0.327 e. The Kier molecular flexibility index (Phi) is 5.58. The van der Waals surface area contributed by atoms with E-state index in [1.165, 1.54) is 9.71 Å². The Hall–Kier alpha value is -3.21. The molecule has 0 saturated carbocycles. The van der Waals surface area contributed by atoms with E-state index in [0.717, 1.165) is 48.3 Å². The molecule has 2 fully saturated rings. The van der Waals surface area contributed by atoms with E-state index in [9.17, 15) is 9.59 Å². The molecule has 0 spiro atoms. The average molecular weight is 491 g/mol. The van der Waals surface area contributed by atoms with Crippen molar-refractivity contribution in [2.75, 3.05) is 32.0 Å². The highest BCUT2D eigenvalue weighted by molar-refractivity contribution is 7.18. The minimum absolute atomic E-state index is 0.150. The summed E-state index contributed by atoms with van der Waals surface area (Å²) in [6.07, 6.45) is 6.75. The summed E-state index contributed by atoms with van der Waals surface area (Å²) in [7, 11) is 2.13. The summed E-state index contributed by atoms with van der Waals surface area (Å²) in [5, 5.41) is 8.08. The van der Waals surface area contributed by atoms with Crippen LogP contribution in [0.2, 0.25) is 0 Å². The second kappa shape index (κ2) is 8.78. The van der Waals surface area contributed by atoms with Crippen LogP contribution in [0.3, 0.4) is 0 Å². The molecule has 3 aliphatic heterocycles. The van der Waals surface area contributed by atoms with E-state index < -0.39 is 11.8 Å². The van der Waals surface area contributed by atoms with Crippen molar-refractivity contribution in [2.24, 2.45) is 11.0 Å². The Morgan fingerprint density at radius 3 is 2.86 bits per heavy atom. The number of carbonyl (C=O) groups excluding carboxylic acids is 2. The molecule has 3 N–H and O–H groups in total. The number of nitrogens with zero attached hydrogens (tertiary/aromatic N) is 5. The average Bonchev–Trinajstić information content (AvgIpc) is 3.48. The van der Waals surface area contributed by atoms with Crippen LogP contribution < -0.4 is 10.7 Å². The lowest BCUT2D eigenvalue weighted by atomic mass is 9.89. The highest BCUT2D eigenvalue weighted by Crippen LogP contribution is 2.37. The van der Waals surface area contributed by atoms with Gasteiger partial charge in [-0.05, 0) is 43.5 Å². The van der Waals surface area contributed by atoms with E-state index in [2.05, 4.69) is 52.5 Å². The zero-order valence-electron chi connectivity index (χ0n) is 19.8. The number of anilines is 1. The van der Waals surface area contributed by atoms with Crippen molar-refractivity contribution in [3.8, 4) is 0 Å². The van der Waals surface area contributed by atoms with E-state index >= 15 is 0 Å². The summed E-state index contributed by atoms with van der Waals surface area (Å²) in [6.45, 7) is 4.77. The predicted octanol–water partition coefficient (Wildman–Crippen LogP) is 2.20. The van der Waals surface area contributed by atoms with Gasteiger partial charge < -0.3 is 15.1 Å². The van der Waals surface area contributed by atoms with Gasteiger partial charge in [-0.3, -0.25) is 14.6 Å². The van der Waals surface area contributed by atoms with Gasteiger partial charge in [-0.1, -0.05) is 18.1 Å². The molecule has 3 aromatic rings. The van der Waals surface area contributed by atoms with Crippen molar-refractivity contribution < 1.29 is 15.0 Å². The number of hydrogen-bond donors (Lipinski definition) is 2. The Morgan fingerprint density at radius 1 is 1.17 bits per heavy atom. The molecule has 0 unspecified atom stereocenters. The van der Waals surface area contributed by atoms with Gasteiger partial charge in [0.25, 0.3) is 0 Å². The number of benzene rings is 1. The summed E-state index contributed by atoms with van der Waals surface area (Å²) >= 11 is 1.76. The molecule has 0 aliphatic carbocycles. The first-order valence-electron chi connectivity index (χ1n) is 12.0. The molecule has 2 amide bonds.